The fourth-order valence-corrected chi connectivity index (χ4v) is 2.98. The molecule has 9 heteroatoms. The summed E-state index contributed by atoms with van der Waals surface area (Å²) in [5, 5.41) is 2.50. The molecule has 0 bridgehead atoms. The number of rotatable bonds is 5. The van der Waals surface area contributed by atoms with Crippen LogP contribution in [-0.2, 0) is 21.2 Å². The average molecular weight is 349 g/mol. The van der Waals surface area contributed by atoms with E-state index in [-0.39, 0.29) is 29.3 Å². The van der Waals surface area contributed by atoms with Crippen LogP contribution in [0.5, 0.6) is 0 Å². The van der Waals surface area contributed by atoms with Crippen LogP contribution in [0.3, 0.4) is 0 Å². The highest BCUT2D eigenvalue weighted by molar-refractivity contribution is 7.90. The van der Waals surface area contributed by atoms with Gasteiger partial charge in [-0.3, -0.25) is 9.69 Å². The summed E-state index contributed by atoms with van der Waals surface area (Å²) >= 11 is 5.87. The first-order valence-corrected chi connectivity index (χ1v) is 8.85. The number of imide groups is 1. The van der Waals surface area contributed by atoms with Crippen molar-refractivity contribution in [1.29, 1.82) is 0 Å². The van der Waals surface area contributed by atoms with Crippen molar-refractivity contribution in [1.82, 2.24) is 10.2 Å². The van der Waals surface area contributed by atoms with Gasteiger partial charge in [0.15, 0.2) is 0 Å². The summed E-state index contributed by atoms with van der Waals surface area (Å²) in [6.07, 6.45) is 1.02. The molecular weight excluding hydrogens is 335 g/mol. The number of carbonyl (C=O) groups is 2. The van der Waals surface area contributed by atoms with Gasteiger partial charge < -0.3 is 5.32 Å². The number of hydrogen-bond acceptors (Lipinski definition) is 4. The molecule has 0 radical (unpaired) electrons. The number of sulfone groups is 1. The highest BCUT2D eigenvalue weighted by Gasteiger charge is 2.38. The second-order valence-corrected chi connectivity index (χ2v) is 7.71. The van der Waals surface area contributed by atoms with Gasteiger partial charge in [-0.2, -0.15) is 0 Å². The smallest absolute Gasteiger partial charge is 0.325 e. The molecule has 2 rings (SSSR count). The lowest BCUT2D eigenvalue weighted by Crippen LogP contribution is -2.32. The van der Waals surface area contributed by atoms with Gasteiger partial charge in [0.1, 0.15) is 21.7 Å². The zero-order valence-electron chi connectivity index (χ0n) is 11.7. The van der Waals surface area contributed by atoms with Gasteiger partial charge in [0.05, 0.1) is 12.3 Å². The van der Waals surface area contributed by atoms with Crippen LogP contribution < -0.4 is 5.32 Å². The van der Waals surface area contributed by atoms with E-state index in [0.29, 0.717) is 0 Å². The Morgan fingerprint density at radius 3 is 2.64 bits per heavy atom. The summed E-state index contributed by atoms with van der Waals surface area (Å²) in [6, 6.07) is 2.44. The molecule has 0 spiro atoms. The number of hydrogen-bond donors (Lipinski definition) is 1. The first-order valence-electron chi connectivity index (χ1n) is 6.41. The van der Waals surface area contributed by atoms with Gasteiger partial charge in [0.25, 0.3) is 5.91 Å². The van der Waals surface area contributed by atoms with E-state index >= 15 is 0 Å². The molecule has 3 amide bonds. The molecule has 1 unspecified atom stereocenters. The number of halogens is 2. The predicted molar refractivity (Wildman–Crippen MR) is 78.6 cm³/mol. The van der Waals surface area contributed by atoms with E-state index in [1.807, 2.05) is 0 Å². The molecule has 120 valence electrons. The van der Waals surface area contributed by atoms with Crippen molar-refractivity contribution < 1.29 is 22.4 Å². The second-order valence-electron chi connectivity index (χ2n) is 5.05. The van der Waals surface area contributed by atoms with E-state index in [4.69, 9.17) is 11.6 Å². The normalized spacial score (nSPS) is 18.7. The van der Waals surface area contributed by atoms with Crippen LogP contribution in [0, 0.1) is 5.82 Å². The van der Waals surface area contributed by atoms with Gasteiger partial charge in [-0.15, -0.1) is 0 Å². The molecule has 1 saturated heterocycles. The molecule has 0 aromatic heterocycles. The summed E-state index contributed by atoms with van der Waals surface area (Å²) in [6.45, 7) is -0.300. The van der Waals surface area contributed by atoms with Crippen LogP contribution in [0.4, 0.5) is 9.18 Å². The number of benzene rings is 1. The van der Waals surface area contributed by atoms with Crippen LogP contribution in [0.25, 0.3) is 0 Å². The maximum atomic E-state index is 13.7. The molecule has 1 fully saturated rings. The Kier molecular flexibility index (Phi) is 4.72. The van der Waals surface area contributed by atoms with Crippen LogP contribution >= 0.6 is 11.6 Å². The van der Waals surface area contributed by atoms with Gasteiger partial charge in [0, 0.05) is 16.8 Å². The maximum Gasteiger partial charge on any atom is 0.325 e. The summed E-state index contributed by atoms with van der Waals surface area (Å²) < 4.78 is 36.0. The van der Waals surface area contributed by atoms with Gasteiger partial charge in [-0.1, -0.05) is 17.7 Å². The van der Waals surface area contributed by atoms with E-state index in [1.165, 1.54) is 18.2 Å². The van der Waals surface area contributed by atoms with Crippen molar-refractivity contribution in [2.75, 3.05) is 12.0 Å². The molecule has 1 aromatic rings. The third-order valence-electron chi connectivity index (χ3n) is 3.26. The van der Waals surface area contributed by atoms with Crippen LogP contribution in [0.1, 0.15) is 12.0 Å². The highest BCUT2D eigenvalue weighted by atomic mass is 35.5. The number of urea groups is 1. The molecule has 1 atom stereocenters. The first kappa shape index (κ1) is 16.7. The minimum atomic E-state index is -3.25. The van der Waals surface area contributed by atoms with Crippen LogP contribution in [0.2, 0.25) is 5.02 Å². The fraction of sp³-hybridized carbons (Fsp3) is 0.385. The molecular formula is C13H14ClFN2O4S. The van der Waals surface area contributed by atoms with E-state index in [2.05, 4.69) is 5.32 Å². The summed E-state index contributed by atoms with van der Waals surface area (Å²) in [5.74, 6) is -1.43. The number of carbonyl (C=O) groups excluding carboxylic acids is 2. The summed E-state index contributed by atoms with van der Waals surface area (Å²) in [7, 11) is -3.25. The lowest BCUT2D eigenvalue weighted by Gasteiger charge is -2.14. The Bertz CT molecular complexity index is 703. The Balaban J connectivity index is 2.13. The minimum absolute atomic E-state index is 0.0229. The van der Waals surface area contributed by atoms with E-state index < -0.39 is 33.6 Å². The quantitative estimate of drug-likeness (QED) is 0.814. The lowest BCUT2D eigenvalue weighted by atomic mass is 10.2. The molecule has 1 aliphatic rings. The fourth-order valence-electron chi connectivity index (χ4n) is 2.10. The Morgan fingerprint density at radius 2 is 2.05 bits per heavy atom. The van der Waals surface area contributed by atoms with Gasteiger partial charge in [-0.25, -0.2) is 17.6 Å². The lowest BCUT2D eigenvalue weighted by molar-refractivity contribution is -0.127. The van der Waals surface area contributed by atoms with Crippen molar-refractivity contribution in [3.63, 3.8) is 0 Å². The number of nitrogens with zero attached hydrogens (tertiary/aromatic N) is 1. The topological polar surface area (TPSA) is 83.6 Å². The Morgan fingerprint density at radius 1 is 1.36 bits per heavy atom. The molecule has 1 N–H and O–H groups in total. The molecule has 1 aliphatic heterocycles. The Hall–Kier alpha value is -1.67. The van der Waals surface area contributed by atoms with Gasteiger partial charge in [0.2, 0.25) is 0 Å². The summed E-state index contributed by atoms with van der Waals surface area (Å²) in [4.78, 5) is 24.8. The van der Waals surface area contributed by atoms with Crippen LogP contribution in [-0.4, -0.2) is 43.3 Å². The minimum Gasteiger partial charge on any atom is -0.326 e. The summed E-state index contributed by atoms with van der Waals surface area (Å²) in [5.41, 5.74) is 0.0384. The maximum absolute atomic E-state index is 13.7. The van der Waals surface area contributed by atoms with E-state index in [0.717, 1.165) is 11.2 Å². The first-order chi connectivity index (χ1) is 10.2. The zero-order valence-corrected chi connectivity index (χ0v) is 13.2. The molecule has 6 nitrogen and oxygen atoms in total. The second kappa shape index (κ2) is 6.21. The molecule has 1 heterocycles. The van der Waals surface area contributed by atoms with Crippen molar-refractivity contribution in [2.24, 2.45) is 0 Å². The molecule has 0 aliphatic carbocycles. The molecule has 1 aromatic carbocycles. The average Bonchev–Trinajstić information content (AvgIpc) is 2.67. The monoisotopic (exact) mass is 348 g/mol. The van der Waals surface area contributed by atoms with Crippen molar-refractivity contribution >= 4 is 33.4 Å². The molecule has 0 saturated carbocycles. The standard InChI is InChI=1S/C13H14ClFN2O4S/c1-22(20,21)6-5-11-12(18)17(13(19)16-11)7-8-9(14)3-2-4-10(8)15/h2-4,11H,5-7H2,1H3,(H,16,19). The third kappa shape index (κ3) is 3.75. The van der Waals surface area contributed by atoms with Crippen molar-refractivity contribution in [2.45, 2.75) is 19.0 Å². The largest absolute Gasteiger partial charge is 0.326 e. The SMILES string of the molecule is CS(=O)(=O)CCC1NC(=O)N(Cc2c(F)cccc2Cl)C1=O. The van der Waals surface area contributed by atoms with Crippen LogP contribution in [0.15, 0.2) is 18.2 Å². The van der Waals surface area contributed by atoms with E-state index in [1.54, 1.807) is 0 Å². The Labute approximate surface area is 132 Å². The number of nitrogens with one attached hydrogen (secondary N) is 1. The molecule has 22 heavy (non-hydrogen) atoms. The predicted octanol–water partition coefficient (Wildman–Crippen LogP) is 1.33. The van der Waals surface area contributed by atoms with Gasteiger partial charge in [-0.05, 0) is 18.6 Å². The highest BCUT2D eigenvalue weighted by Crippen LogP contribution is 2.23. The van der Waals surface area contributed by atoms with Crippen molar-refractivity contribution in [3.8, 4) is 0 Å². The third-order valence-corrected chi connectivity index (χ3v) is 4.59. The zero-order chi connectivity index (χ0) is 16.5. The number of amides is 3. The van der Waals surface area contributed by atoms with Gasteiger partial charge >= 0.3 is 6.03 Å². The van der Waals surface area contributed by atoms with Crippen molar-refractivity contribution in [3.05, 3.63) is 34.6 Å². The van der Waals surface area contributed by atoms with E-state index in [9.17, 15) is 22.4 Å².